The number of aromatic nitrogens is 4. The second-order valence-electron chi connectivity index (χ2n) is 6.26. The van der Waals surface area contributed by atoms with Crippen LogP contribution in [0.5, 0.6) is 0 Å². The monoisotopic (exact) mass is 416 g/mol. The fourth-order valence-electron chi connectivity index (χ4n) is 3.22. The van der Waals surface area contributed by atoms with Crippen LogP contribution in [0, 0.1) is 11.7 Å². The topological polar surface area (TPSA) is 55.6 Å². The number of hydrogen-bond donors (Lipinski definition) is 1. The summed E-state index contributed by atoms with van der Waals surface area (Å²) in [5.41, 5.74) is 2.02. The molecule has 0 radical (unpaired) electrons. The minimum atomic E-state index is -0.119. The van der Waals surface area contributed by atoms with Crippen LogP contribution in [0.15, 0.2) is 41.3 Å². The van der Waals surface area contributed by atoms with E-state index >= 15 is 0 Å². The lowest BCUT2D eigenvalue weighted by atomic mass is 10.1. The van der Waals surface area contributed by atoms with E-state index in [1.165, 1.54) is 4.57 Å². The van der Waals surface area contributed by atoms with E-state index < -0.39 is 0 Å². The van der Waals surface area contributed by atoms with E-state index in [0.29, 0.717) is 27.5 Å². The van der Waals surface area contributed by atoms with Gasteiger partial charge in [0, 0.05) is 22.2 Å². The van der Waals surface area contributed by atoms with Crippen LogP contribution in [-0.4, -0.2) is 19.3 Å². The number of nitrogens with one attached hydrogen (secondary N) is 1. The third kappa shape index (κ3) is 3.26. The lowest BCUT2D eigenvalue weighted by molar-refractivity contribution is 0.674. The maximum Gasteiger partial charge on any atom is 0.269 e. The van der Waals surface area contributed by atoms with Gasteiger partial charge in [-0.25, -0.2) is 4.57 Å². The first-order valence-electron chi connectivity index (χ1n) is 8.53. The third-order valence-electron chi connectivity index (χ3n) is 4.52. The van der Waals surface area contributed by atoms with E-state index in [9.17, 15) is 4.79 Å². The molecule has 0 saturated carbocycles. The fraction of sp³-hybridized carbons (Fsp3) is 0.211. The smallest absolute Gasteiger partial charge is 0.269 e. The van der Waals surface area contributed by atoms with Crippen LogP contribution < -0.4 is 5.56 Å². The van der Waals surface area contributed by atoms with Gasteiger partial charge in [0.05, 0.1) is 11.9 Å². The second-order valence-corrected chi connectivity index (χ2v) is 8.31. The number of H-pyrrole nitrogens is 1. The number of aromatic amines is 1. The molecule has 3 aromatic heterocycles. The summed E-state index contributed by atoms with van der Waals surface area (Å²) in [6, 6.07) is 9.41. The van der Waals surface area contributed by atoms with Gasteiger partial charge in [0.2, 0.25) is 0 Å². The zero-order chi connectivity index (χ0) is 19.1. The van der Waals surface area contributed by atoms with Crippen molar-refractivity contribution in [2.24, 2.45) is 0 Å². The van der Waals surface area contributed by atoms with E-state index in [-0.39, 0.29) is 5.56 Å². The van der Waals surface area contributed by atoms with E-state index in [4.69, 9.17) is 23.8 Å². The predicted octanol–water partition coefficient (Wildman–Crippen LogP) is 4.88. The summed E-state index contributed by atoms with van der Waals surface area (Å²) < 4.78 is 3.61. The SMILES string of the molecule is CCc1c(C)sc2[nH]c(=S)n(-c3ccn(Cc4ccc(Cl)cc4)n3)c(=O)c12. The van der Waals surface area contributed by atoms with Gasteiger partial charge >= 0.3 is 0 Å². The summed E-state index contributed by atoms with van der Waals surface area (Å²) >= 11 is 12.9. The molecule has 138 valence electrons. The Morgan fingerprint density at radius 3 is 2.70 bits per heavy atom. The van der Waals surface area contributed by atoms with Gasteiger partial charge in [0.25, 0.3) is 5.56 Å². The number of benzene rings is 1. The Morgan fingerprint density at radius 1 is 1.26 bits per heavy atom. The molecule has 1 aromatic carbocycles. The number of nitrogens with zero attached hydrogens (tertiary/aromatic N) is 3. The largest absolute Gasteiger partial charge is 0.323 e. The summed E-state index contributed by atoms with van der Waals surface area (Å²) in [6.45, 7) is 4.67. The van der Waals surface area contributed by atoms with Crippen LogP contribution >= 0.6 is 35.2 Å². The maximum atomic E-state index is 13.2. The highest BCUT2D eigenvalue weighted by atomic mass is 35.5. The molecule has 0 amide bonds. The van der Waals surface area contributed by atoms with Crippen LogP contribution in [0.3, 0.4) is 0 Å². The van der Waals surface area contributed by atoms with Gasteiger partial charge in [-0.05, 0) is 48.8 Å². The van der Waals surface area contributed by atoms with Gasteiger partial charge in [0.15, 0.2) is 10.6 Å². The zero-order valence-electron chi connectivity index (χ0n) is 14.8. The first-order chi connectivity index (χ1) is 13.0. The molecule has 0 aliphatic rings. The molecule has 0 unspecified atom stereocenters. The highest BCUT2D eigenvalue weighted by Gasteiger charge is 2.16. The van der Waals surface area contributed by atoms with Crippen molar-refractivity contribution in [1.29, 1.82) is 0 Å². The van der Waals surface area contributed by atoms with Crippen LogP contribution in [0.1, 0.15) is 22.9 Å². The van der Waals surface area contributed by atoms with Crippen molar-refractivity contribution in [2.75, 3.05) is 0 Å². The first kappa shape index (κ1) is 18.2. The Hall–Kier alpha value is -2.22. The van der Waals surface area contributed by atoms with Crippen LogP contribution in [0.2, 0.25) is 5.02 Å². The molecule has 0 fully saturated rings. The van der Waals surface area contributed by atoms with Crippen molar-refractivity contribution >= 4 is 45.4 Å². The number of halogens is 1. The summed E-state index contributed by atoms with van der Waals surface area (Å²) in [6.07, 6.45) is 2.64. The lowest BCUT2D eigenvalue weighted by Gasteiger charge is -2.05. The highest BCUT2D eigenvalue weighted by Crippen LogP contribution is 2.27. The zero-order valence-corrected chi connectivity index (χ0v) is 17.2. The lowest BCUT2D eigenvalue weighted by Crippen LogP contribution is -2.21. The van der Waals surface area contributed by atoms with Crippen molar-refractivity contribution in [3.63, 3.8) is 0 Å². The molecule has 27 heavy (non-hydrogen) atoms. The Labute approximate surface area is 169 Å². The molecule has 4 rings (SSSR count). The maximum absolute atomic E-state index is 13.2. The third-order valence-corrected chi connectivity index (χ3v) is 6.12. The van der Waals surface area contributed by atoms with Gasteiger partial charge in [-0.2, -0.15) is 5.10 Å². The Balaban J connectivity index is 1.79. The van der Waals surface area contributed by atoms with E-state index in [2.05, 4.69) is 17.0 Å². The Morgan fingerprint density at radius 2 is 2.00 bits per heavy atom. The van der Waals surface area contributed by atoms with Crippen LogP contribution in [0.4, 0.5) is 0 Å². The molecular weight excluding hydrogens is 400 g/mol. The summed E-state index contributed by atoms with van der Waals surface area (Å²) in [4.78, 5) is 18.3. The van der Waals surface area contributed by atoms with Gasteiger partial charge in [-0.15, -0.1) is 11.3 Å². The van der Waals surface area contributed by atoms with E-state index in [1.807, 2.05) is 37.4 Å². The van der Waals surface area contributed by atoms with Crippen molar-refractivity contribution in [3.05, 3.63) is 72.7 Å². The van der Waals surface area contributed by atoms with Gasteiger partial charge in [-0.3, -0.25) is 9.48 Å². The molecular formula is C19H17ClN4OS2. The van der Waals surface area contributed by atoms with E-state index in [1.54, 1.807) is 22.1 Å². The quantitative estimate of drug-likeness (QED) is 0.482. The summed E-state index contributed by atoms with van der Waals surface area (Å²) in [7, 11) is 0. The van der Waals surface area contributed by atoms with Crippen molar-refractivity contribution in [2.45, 2.75) is 26.8 Å². The average Bonchev–Trinajstić information content (AvgIpc) is 3.20. The molecule has 3 heterocycles. The normalized spacial score (nSPS) is 11.4. The molecule has 5 nitrogen and oxygen atoms in total. The Kier molecular flexibility index (Phi) is 4.75. The number of hydrogen-bond acceptors (Lipinski definition) is 4. The average molecular weight is 417 g/mol. The fourth-order valence-corrected chi connectivity index (χ4v) is 4.82. The second kappa shape index (κ2) is 7.07. The first-order valence-corrected chi connectivity index (χ1v) is 10.1. The molecule has 0 saturated heterocycles. The number of aryl methyl sites for hydroxylation is 2. The van der Waals surface area contributed by atoms with Crippen molar-refractivity contribution in [3.8, 4) is 5.82 Å². The van der Waals surface area contributed by atoms with Gasteiger partial charge < -0.3 is 4.98 Å². The number of fused-ring (bicyclic) bond motifs is 1. The molecule has 0 atom stereocenters. The molecule has 0 spiro atoms. The Bertz CT molecular complexity index is 1250. The minimum absolute atomic E-state index is 0.119. The van der Waals surface area contributed by atoms with Crippen molar-refractivity contribution in [1.82, 2.24) is 19.3 Å². The molecule has 0 aliphatic carbocycles. The highest BCUT2D eigenvalue weighted by molar-refractivity contribution is 7.71. The minimum Gasteiger partial charge on any atom is -0.323 e. The van der Waals surface area contributed by atoms with Gasteiger partial charge in [-0.1, -0.05) is 30.7 Å². The van der Waals surface area contributed by atoms with Crippen LogP contribution in [-0.2, 0) is 13.0 Å². The van der Waals surface area contributed by atoms with E-state index in [0.717, 1.165) is 27.3 Å². The standard InChI is InChI=1S/C19H17ClN4OS2/c1-3-14-11(2)27-17-16(14)18(25)24(19(26)21-17)15-8-9-23(22-15)10-12-4-6-13(20)7-5-12/h4-9H,3,10H2,1-2H3,(H,21,26). The molecule has 0 aliphatic heterocycles. The molecule has 4 aromatic rings. The number of rotatable bonds is 4. The van der Waals surface area contributed by atoms with Gasteiger partial charge in [0.1, 0.15) is 4.83 Å². The molecule has 0 bridgehead atoms. The molecule has 1 N–H and O–H groups in total. The summed E-state index contributed by atoms with van der Waals surface area (Å²) in [5.74, 6) is 0.517. The predicted molar refractivity (Wildman–Crippen MR) is 113 cm³/mol. The molecule has 8 heteroatoms. The van der Waals surface area contributed by atoms with Crippen molar-refractivity contribution < 1.29 is 0 Å². The number of thiophene rings is 1. The summed E-state index contributed by atoms with van der Waals surface area (Å²) in [5, 5.41) is 5.96. The van der Waals surface area contributed by atoms with Crippen LogP contribution in [0.25, 0.3) is 16.0 Å².